The molecule has 0 N–H and O–H groups in total. The number of benzene rings is 11. The Morgan fingerprint density at radius 1 is 0.233 bits per heavy atom. The Labute approximate surface area is 416 Å². The minimum absolute atomic E-state index is 0.647. The van der Waals surface area contributed by atoms with Crippen LogP contribution in [0, 0.1) is 11.3 Å². The van der Waals surface area contributed by atoms with E-state index in [9.17, 15) is 5.26 Å². The molecule has 17 rings (SSSR count). The minimum atomic E-state index is 0.647. The Bertz CT molecular complexity index is 4870. The Morgan fingerprint density at radius 2 is 0.479 bits per heavy atom. The fraction of sp³-hybridized carbons (Fsp3) is 0. The van der Waals surface area contributed by atoms with Crippen molar-refractivity contribution in [3.8, 4) is 28.8 Å². The summed E-state index contributed by atoms with van der Waals surface area (Å²) >= 11 is 0. The number of aromatic nitrogens is 5. The van der Waals surface area contributed by atoms with Gasteiger partial charge in [0.1, 0.15) is 0 Å². The highest BCUT2D eigenvalue weighted by molar-refractivity contribution is 6.25. The molecule has 0 aliphatic carbocycles. The van der Waals surface area contributed by atoms with E-state index in [1.54, 1.807) is 0 Å². The average molecular weight is 927 g/mol. The highest BCUT2D eigenvalue weighted by Gasteiger charge is 2.23. The maximum atomic E-state index is 10.6. The Morgan fingerprint density at radius 3 is 0.781 bits per heavy atom. The summed E-state index contributed by atoms with van der Waals surface area (Å²) in [7, 11) is 0. The second-order valence-electron chi connectivity index (χ2n) is 19.6. The van der Waals surface area contributed by atoms with Gasteiger partial charge in [-0.3, -0.25) is 0 Å². The second-order valence-corrected chi connectivity index (χ2v) is 19.6. The SMILES string of the molecule is N#Cc1cc2c3cc(-n4c5ccccc5c5cc(-n6c7ccccc7c7ccccc76)ccc54)ccc3n3c4ccc(-n5c6ccccc6c6cc(-n7c8ccccc8c8ccccc87)ccc65)cc4c(c1)c23. The first-order valence-corrected chi connectivity index (χ1v) is 24.9. The van der Waals surface area contributed by atoms with Gasteiger partial charge in [-0.25, -0.2) is 0 Å². The van der Waals surface area contributed by atoms with Gasteiger partial charge in [0, 0.05) is 87.4 Å². The van der Waals surface area contributed by atoms with E-state index in [2.05, 4.69) is 259 Å². The quantitative estimate of drug-likeness (QED) is 0.173. The molecule has 0 spiro atoms. The molecule has 6 heterocycles. The van der Waals surface area contributed by atoms with Crippen LogP contribution < -0.4 is 0 Å². The maximum Gasteiger partial charge on any atom is 0.0992 e. The largest absolute Gasteiger partial charge is 0.309 e. The van der Waals surface area contributed by atoms with Crippen LogP contribution in [0.15, 0.2) is 231 Å². The summed E-state index contributed by atoms with van der Waals surface area (Å²) in [5, 5.41) is 24.8. The van der Waals surface area contributed by atoms with E-state index in [-0.39, 0.29) is 0 Å². The van der Waals surface area contributed by atoms with Gasteiger partial charge >= 0.3 is 0 Å². The summed E-state index contributed by atoms with van der Waals surface area (Å²) in [4.78, 5) is 0. The summed E-state index contributed by atoms with van der Waals surface area (Å²) in [6.45, 7) is 0. The first kappa shape index (κ1) is 38.7. The number of rotatable bonds is 4. The third-order valence-corrected chi connectivity index (χ3v) is 16.0. The Balaban J connectivity index is 0.842. The number of fused-ring (bicyclic) bond motifs is 18. The first-order chi connectivity index (χ1) is 36.2. The van der Waals surface area contributed by atoms with Crippen molar-refractivity contribution in [1.29, 1.82) is 5.26 Å². The van der Waals surface area contributed by atoms with Gasteiger partial charge in [-0.05, 0) is 121 Å². The number of nitrogens with zero attached hydrogens (tertiary/aromatic N) is 6. The van der Waals surface area contributed by atoms with Crippen LogP contribution in [0.1, 0.15) is 5.56 Å². The van der Waals surface area contributed by atoms with Gasteiger partial charge in [0.05, 0.1) is 72.3 Å². The third-order valence-electron chi connectivity index (χ3n) is 16.0. The Kier molecular flexibility index (Phi) is 7.45. The number of hydrogen-bond acceptors (Lipinski definition) is 1. The van der Waals surface area contributed by atoms with Crippen molar-refractivity contribution in [2.45, 2.75) is 0 Å². The molecule has 0 atom stereocenters. The predicted octanol–water partition coefficient (Wildman–Crippen LogP) is 17.1. The molecular formula is C67H38N6. The van der Waals surface area contributed by atoms with Crippen molar-refractivity contribution in [2.75, 3.05) is 0 Å². The molecule has 336 valence electrons. The third kappa shape index (κ3) is 5.04. The number of para-hydroxylation sites is 6. The molecule has 0 aliphatic rings. The van der Waals surface area contributed by atoms with Crippen molar-refractivity contribution in [1.82, 2.24) is 22.7 Å². The molecule has 6 nitrogen and oxygen atoms in total. The molecule has 0 radical (unpaired) electrons. The van der Waals surface area contributed by atoms with Gasteiger partial charge in [-0.2, -0.15) is 5.26 Å². The average Bonchev–Trinajstić information content (AvgIpc) is 4.29. The standard InChI is InChI=1S/C67H38N6/c68-39-40-33-55-53-37-43(71-61-23-11-5-17-49(61)51-35-41(25-29-63(51)71)69-57-19-7-1-13-45(57)46-14-2-8-20-58(46)69)27-31-65(53)73-66-32-28-44(38-54(66)56(34-40)67(55)73)72-62-24-12-6-18-50(62)52-36-42(26-30-64(52)72)70-59-21-9-3-15-47(59)48-16-4-10-22-60(48)70/h1-38H. The maximum absolute atomic E-state index is 10.6. The van der Waals surface area contributed by atoms with Crippen LogP contribution in [-0.2, 0) is 0 Å². The summed E-state index contributed by atoms with van der Waals surface area (Å²) < 4.78 is 12.0. The van der Waals surface area contributed by atoms with E-state index in [0.29, 0.717) is 5.56 Å². The van der Waals surface area contributed by atoms with Gasteiger partial charge < -0.3 is 22.7 Å². The van der Waals surface area contributed by atoms with E-state index in [1.165, 1.54) is 65.2 Å². The molecule has 6 aromatic heterocycles. The van der Waals surface area contributed by atoms with Crippen LogP contribution >= 0.6 is 0 Å². The molecule has 0 amide bonds. The number of nitriles is 1. The zero-order valence-corrected chi connectivity index (χ0v) is 39.1. The highest BCUT2D eigenvalue weighted by Crippen LogP contribution is 2.44. The first-order valence-electron chi connectivity index (χ1n) is 24.9. The van der Waals surface area contributed by atoms with Crippen molar-refractivity contribution in [2.24, 2.45) is 0 Å². The zero-order chi connectivity index (χ0) is 47.6. The summed E-state index contributed by atoms with van der Waals surface area (Å²) in [5.41, 5.74) is 17.8. The minimum Gasteiger partial charge on any atom is -0.309 e. The molecule has 6 heteroatoms. The smallest absolute Gasteiger partial charge is 0.0992 e. The monoisotopic (exact) mass is 926 g/mol. The lowest BCUT2D eigenvalue weighted by molar-refractivity contribution is 1.17. The predicted molar refractivity (Wildman–Crippen MR) is 303 cm³/mol. The Hall–Kier alpha value is -10.1. The van der Waals surface area contributed by atoms with Gasteiger partial charge in [0.25, 0.3) is 0 Å². The van der Waals surface area contributed by atoms with Gasteiger partial charge in [0.15, 0.2) is 0 Å². The van der Waals surface area contributed by atoms with Crippen molar-refractivity contribution in [3.05, 3.63) is 236 Å². The second kappa shape index (κ2) is 14.0. The van der Waals surface area contributed by atoms with Crippen LogP contribution in [0.25, 0.3) is 148 Å². The lowest BCUT2D eigenvalue weighted by atomic mass is 10.0. The van der Waals surface area contributed by atoms with Crippen LogP contribution in [0.3, 0.4) is 0 Å². The van der Waals surface area contributed by atoms with Crippen LogP contribution in [0.2, 0.25) is 0 Å². The number of hydrogen-bond donors (Lipinski definition) is 0. The lowest BCUT2D eigenvalue weighted by Crippen LogP contribution is -1.96. The van der Waals surface area contributed by atoms with Crippen molar-refractivity contribution >= 4 is 125 Å². The zero-order valence-electron chi connectivity index (χ0n) is 39.1. The highest BCUT2D eigenvalue weighted by atomic mass is 15.0. The fourth-order valence-corrected chi connectivity index (χ4v) is 13.0. The van der Waals surface area contributed by atoms with E-state index in [1.807, 2.05) is 0 Å². The molecule has 0 saturated carbocycles. The molecule has 0 aliphatic heterocycles. The summed E-state index contributed by atoms with van der Waals surface area (Å²) in [6, 6.07) is 86.5. The summed E-state index contributed by atoms with van der Waals surface area (Å²) in [5.74, 6) is 0. The molecule has 73 heavy (non-hydrogen) atoms. The van der Waals surface area contributed by atoms with E-state index < -0.39 is 0 Å². The van der Waals surface area contributed by atoms with Crippen LogP contribution in [-0.4, -0.2) is 22.7 Å². The van der Waals surface area contributed by atoms with Crippen molar-refractivity contribution < 1.29 is 0 Å². The summed E-state index contributed by atoms with van der Waals surface area (Å²) in [6.07, 6.45) is 0. The van der Waals surface area contributed by atoms with E-state index >= 15 is 0 Å². The fourth-order valence-electron chi connectivity index (χ4n) is 13.0. The lowest BCUT2D eigenvalue weighted by Gasteiger charge is -2.11. The molecule has 11 aromatic carbocycles. The van der Waals surface area contributed by atoms with Gasteiger partial charge in [0.2, 0.25) is 0 Å². The van der Waals surface area contributed by atoms with E-state index in [4.69, 9.17) is 0 Å². The molecule has 0 fully saturated rings. The van der Waals surface area contributed by atoms with Crippen molar-refractivity contribution in [3.63, 3.8) is 0 Å². The molecular weight excluding hydrogens is 889 g/mol. The van der Waals surface area contributed by atoms with Crippen LogP contribution in [0.5, 0.6) is 0 Å². The molecule has 0 saturated heterocycles. The van der Waals surface area contributed by atoms with Gasteiger partial charge in [-0.1, -0.05) is 109 Å². The molecule has 17 aromatic rings. The van der Waals surface area contributed by atoms with Gasteiger partial charge in [-0.15, -0.1) is 0 Å². The van der Waals surface area contributed by atoms with Crippen LogP contribution in [0.4, 0.5) is 0 Å². The topological polar surface area (TPSA) is 47.9 Å². The molecule has 0 bridgehead atoms. The normalized spacial score (nSPS) is 12.4. The molecule has 0 unspecified atom stereocenters. The van der Waals surface area contributed by atoms with E-state index in [0.717, 1.165) is 82.9 Å².